The van der Waals surface area contributed by atoms with Gasteiger partial charge in [-0.25, -0.2) is 0 Å². The Morgan fingerprint density at radius 2 is 2.07 bits per heavy atom. The molecular weight excluding hydrogens is 186 g/mol. The summed E-state index contributed by atoms with van der Waals surface area (Å²) >= 11 is 0. The summed E-state index contributed by atoms with van der Waals surface area (Å²) < 4.78 is 0. The van der Waals surface area contributed by atoms with Crippen LogP contribution in [0.1, 0.15) is 52.9 Å². The largest absolute Gasteiger partial charge is 0.396 e. The van der Waals surface area contributed by atoms with Crippen molar-refractivity contribution in [2.45, 2.75) is 58.9 Å². The zero-order chi connectivity index (χ0) is 11.3. The van der Waals surface area contributed by atoms with Gasteiger partial charge < -0.3 is 10.4 Å². The van der Waals surface area contributed by atoms with Crippen molar-refractivity contribution in [2.24, 2.45) is 11.3 Å². The second kappa shape index (κ2) is 5.86. The fourth-order valence-electron chi connectivity index (χ4n) is 1.93. The van der Waals surface area contributed by atoms with E-state index in [2.05, 4.69) is 26.1 Å². The maximum absolute atomic E-state index is 9.11. The van der Waals surface area contributed by atoms with Gasteiger partial charge in [-0.05, 0) is 44.1 Å². The Hall–Kier alpha value is -0.0800. The molecular formula is C13H27NO. The molecule has 2 N–H and O–H groups in total. The molecule has 0 aromatic carbocycles. The lowest BCUT2D eigenvalue weighted by atomic mass is 9.89. The normalized spacial score (nSPS) is 19.2. The fraction of sp³-hybridized carbons (Fsp3) is 1.00. The molecule has 1 atom stereocenters. The summed E-state index contributed by atoms with van der Waals surface area (Å²) in [5.41, 5.74) is 0.0986. The van der Waals surface area contributed by atoms with Crippen LogP contribution in [0, 0.1) is 11.3 Å². The summed E-state index contributed by atoms with van der Waals surface area (Å²) in [6.07, 6.45) is 6.52. The van der Waals surface area contributed by atoms with Crippen LogP contribution in [-0.2, 0) is 0 Å². The number of aliphatic hydroxyl groups is 1. The molecule has 1 aliphatic carbocycles. The highest BCUT2D eigenvalue weighted by atomic mass is 16.3. The third-order valence-electron chi connectivity index (χ3n) is 3.33. The van der Waals surface area contributed by atoms with Gasteiger partial charge in [0.1, 0.15) is 0 Å². The average Bonchev–Trinajstić information content (AvgIpc) is 2.96. The first-order chi connectivity index (χ1) is 7.03. The number of nitrogens with one attached hydrogen (secondary N) is 1. The van der Waals surface area contributed by atoms with Gasteiger partial charge in [-0.3, -0.25) is 0 Å². The van der Waals surface area contributed by atoms with Crippen LogP contribution in [0.5, 0.6) is 0 Å². The maximum Gasteiger partial charge on any atom is 0.0482 e. The molecule has 0 aliphatic heterocycles. The zero-order valence-corrected chi connectivity index (χ0v) is 10.6. The molecule has 1 rings (SSSR count). The van der Waals surface area contributed by atoms with Crippen LogP contribution in [-0.4, -0.2) is 24.3 Å². The van der Waals surface area contributed by atoms with E-state index in [0.29, 0.717) is 12.6 Å². The van der Waals surface area contributed by atoms with Crippen molar-refractivity contribution in [1.29, 1.82) is 0 Å². The molecule has 0 heterocycles. The van der Waals surface area contributed by atoms with Crippen LogP contribution in [0.15, 0.2) is 0 Å². The smallest absolute Gasteiger partial charge is 0.0482 e. The lowest BCUT2D eigenvalue weighted by Gasteiger charge is -2.22. The third kappa shape index (κ3) is 6.16. The van der Waals surface area contributed by atoms with E-state index in [0.717, 1.165) is 18.9 Å². The van der Waals surface area contributed by atoms with Gasteiger partial charge >= 0.3 is 0 Å². The summed E-state index contributed by atoms with van der Waals surface area (Å²) in [6.45, 7) is 7.93. The molecule has 1 fully saturated rings. The monoisotopic (exact) mass is 213 g/mol. The maximum atomic E-state index is 9.11. The lowest BCUT2D eigenvalue weighted by molar-refractivity contribution is 0.147. The minimum atomic E-state index is 0.0986. The van der Waals surface area contributed by atoms with Crippen molar-refractivity contribution < 1.29 is 5.11 Å². The van der Waals surface area contributed by atoms with Crippen molar-refractivity contribution in [3.8, 4) is 0 Å². The SMILES string of the molecule is CC(CC1CC1)NCCCC(C)(C)CO. The van der Waals surface area contributed by atoms with E-state index in [1.165, 1.54) is 25.7 Å². The van der Waals surface area contributed by atoms with Gasteiger partial charge in [-0.2, -0.15) is 0 Å². The second-order valence-corrected chi connectivity index (χ2v) is 5.96. The van der Waals surface area contributed by atoms with Gasteiger partial charge in [0, 0.05) is 12.6 Å². The summed E-state index contributed by atoms with van der Waals surface area (Å²) in [7, 11) is 0. The molecule has 2 nitrogen and oxygen atoms in total. The topological polar surface area (TPSA) is 32.3 Å². The van der Waals surface area contributed by atoms with E-state index in [9.17, 15) is 0 Å². The number of aliphatic hydroxyl groups excluding tert-OH is 1. The van der Waals surface area contributed by atoms with E-state index in [1.807, 2.05) is 0 Å². The van der Waals surface area contributed by atoms with Crippen LogP contribution in [0.3, 0.4) is 0 Å². The first-order valence-electron chi connectivity index (χ1n) is 6.38. The lowest BCUT2D eigenvalue weighted by Crippen LogP contribution is -2.28. The summed E-state index contributed by atoms with van der Waals surface area (Å²) in [6, 6.07) is 0.676. The summed E-state index contributed by atoms with van der Waals surface area (Å²) in [5.74, 6) is 1.02. The van der Waals surface area contributed by atoms with E-state index < -0.39 is 0 Å². The molecule has 1 unspecified atom stereocenters. The Balaban J connectivity index is 1.95. The van der Waals surface area contributed by atoms with E-state index >= 15 is 0 Å². The Bertz CT molecular complexity index is 175. The molecule has 0 amide bonds. The molecule has 1 saturated carbocycles. The van der Waals surface area contributed by atoms with Gasteiger partial charge in [0.2, 0.25) is 0 Å². The van der Waals surface area contributed by atoms with Crippen molar-refractivity contribution in [2.75, 3.05) is 13.2 Å². The predicted octanol–water partition coefficient (Wildman–Crippen LogP) is 2.56. The number of hydrogen-bond acceptors (Lipinski definition) is 2. The molecule has 0 radical (unpaired) electrons. The van der Waals surface area contributed by atoms with Crippen molar-refractivity contribution in [3.63, 3.8) is 0 Å². The molecule has 90 valence electrons. The second-order valence-electron chi connectivity index (χ2n) is 5.96. The van der Waals surface area contributed by atoms with Crippen LogP contribution in [0.4, 0.5) is 0 Å². The van der Waals surface area contributed by atoms with Crippen molar-refractivity contribution in [3.05, 3.63) is 0 Å². The Morgan fingerprint density at radius 3 is 2.60 bits per heavy atom. The highest BCUT2D eigenvalue weighted by molar-refractivity contribution is 4.78. The third-order valence-corrected chi connectivity index (χ3v) is 3.33. The van der Waals surface area contributed by atoms with Gasteiger partial charge in [0.25, 0.3) is 0 Å². The van der Waals surface area contributed by atoms with Crippen LogP contribution < -0.4 is 5.32 Å². The van der Waals surface area contributed by atoms with Gasteiger partial charge in [-0.15, -0.1) is 0 Å². The minimum Gasteiger partial charge on any atom is -0.396 e. The molecule has 0 saturated heterocycles. The van der Waals surface area contributed by atoms with Crippen LogP contribution in [0.2, 0.25) is 0 Å². The molecule has 0 spiro atoms. The molecule has 2 heteroatoms. The molecule has 1 aliphatic rings. The average molecular weight is 213 g/mol. The van der Waals surface area contributed by atoms with Crippen molar-refractivity contribution in [1.82, 2.24) is 5.32 Å². The van der Waals surface area contributed by atoms with E-state index in [1.54, 1.807) is 0 Å². The quantitative estimate of drug-likeness (QED) is 0.607. The van der Waals surface area contributed by atoms with Gasteiger partial charge in [0.15, 0.2) is 0 Å². The highest BCUT2D eigenvalue weighted by Crippen LogP contribution is 2.33. The van der Waals surface area contributed by atoms with Gasteiger partial charge in [-0.1, -0.05) is 26.7 Å². The highest BCUT2D eigenvalue weighted by Gasteiger charge is 2.23. The minimum absolute atomic E-state index is 0.0986. The molecule has 0 bridgehead atoms. The number of rotatable bonds is 8. The standard InChI is InChI=1S/C13H27NO/c1-11(9-12-5-6-12)14-8-4-7-13(2,3)10-15/h11-12,14-15H,4-10H2,1-3H3. The first-order valence-corrected chi connectivity index (χ1v) is 6.38. The Kier molecular flexibility index (Phi) is 5.07. The zero-order valence-electron chi connectivity index (χ0n) is 10.6. The van der Waals surface area contributed by atoms with Crippen LogP contribution >= 0.6 is 0 Å². The van der Waals surface area contributed by atoms with E-state index in [-0.39, 0.29) is 5.41 Å². The van der Waals surface area contributed by atoms with Crippen LogP contribution in [0.25, 0.3) is 0 Å². The van der Waals surface area contributed by atoms with Crippen molar-refractivity contribution >= 4 is 0 Å². The summed E-state index contributed by atoms with van der Waals surface area (Å²) in [5, 5.41) is 12.7. The Labute approximate surface area is 94.5 Å². The number of hydrogen-bond donors (Lipinski definition) is 2. The fourth-order valence-corrected chi connectivity index (χ4v) is 1.93. The molecule has 15 heavy (non-hydrogen) atoms. The first kappa shape index (κ1) is 13.0. The Morgan fingerprint density at radius 1 is 1.40 bits per heavy atom. The van der Waals surface area contributed by atoms with Gasteiger partial charge in [0.05, 0.1) is 0 Å². The molecule has 0 aromatic rings. The van der Waals surface area contributed by atoms with E-state index in [4.69, 9.17) is 5.11 Å². The predicted molar refractivity (Wildman–Crippen MR) is 64.9 cm³/mol. The summed E-state index contributed by atoms with van der Waals surface area (Å²) in [4.78, 5) is 0. The molecule has 0 aromatic heterocycles.